The smallest absolute Gasteiger partial charge is 0.371 e. The Balaban J connectivity index is 2.98. The molecule has 0 saturated heterocycles. The maximum Gasteiger partial charge on any atom is 0.371 e. The Hall–Kier alpha value is -1.54. The van der Waals surface area contributed by atoms with Crippen LogP contribution in [0, 0.1) is 0 Å². The Morgan fingerprint density at radius 2 is 1.50 bits per heavy atom. The summed E-state index contributed by atoms with van der Waals surface area (Å²) >= 11 is 0. The van der Waals surface area contributed by atoms with Crippen LogP contribution in [0.5, 0.6) is 5.75 Å². The third-order valence-electron chi connectivity index (χ3n) is 2.40. The number of esters is 1. The van der Waals surface area contributed by atoms with Crippen LogP contribution >= 0.6 is 0 Å². The molecule has 0 N–H and O–H groups in total. The van der Waals surface area contributed by atoms with Crippen molar-refractivity contribution in [1.82, 2.24) is 0 Å². The monoisotopic (exact) mass is 338 g/mol. The van der Waals surface area contributed by atoms with Crippen LogP contribution in [0.2, 0.25) is 39.3 Å². The van der Waals surface area contributed by atoms with Gasteiger partial charge >= 0.3 is 5.97 Å². The summed E-state index contributed by atoms with van der Waals surface area (Å²) in [5.41, 5.74) is 0.876. The van der Waals surface area contributed by atoms with Gasteiger partial charge in [-0.25, -0.2) is 4.79 Å². The van der Waals surface area contributed by atoms with E-state index < -0.39 is 22.6 Å². The van der Waals surface area contributed by atoms with Gasteiger partial charge in [0.2, 0.25) is 16.6 Å². The molecule has 0 fully saturated rings. The van der Waals surface area contributed by atoms with E-state index in [1.165, 1.54) is 7.11 Å². The molecule has 0 aliphatic heterocycles. The van der Waals surface area contributed by atoms with Crippen molar-refractivity contribution in [2.45, 2.75) is 39.3 Å². The molecule has 0 unspecified atom stereocenters. The molecule has 1 rings (SSSR count). The topological polar surface area (TPSA) is 44.8 Å². The van der Waals surface area contributed by atoms with Gasteiger partial charge in [0.1, 0.15) is 5.75 Å². The summed E-state index contributed by atoms with van der Waals surface area (Å²) in [5.74, 6) is 0.646. The van der Waals surface area contributed by atoms with Gasteiger partial charge in [0, 0.05) is 0 Å². The zero-order valence-corrected chi connectivity index (χ0v) is 16.5. The van der Waals surface area contributed by atoms with Crippen molar-refractivity contribution in [2.75, 3.05) is 7.11 Å². The van der Waals surface area contributed by atoms with Crippen LogP contribution in [-0.2, 0) is 14.0 Å². The van der Waals surface area contributed by atoms with Gasteiger partial charge in [-0.15, -0.1) is 0 Å². The van der Waals surface area contributed by atoms with Gasteiger partial charge in [-0.2, -0.15) is 0 Å². The maximum absolute atomic E-state index is 11.8. The second-order valence-electron chi connectivity index (χ2n) is 7.00. The molecule has 0 spiro atoms. The fourth-order valence-corrected chi connectivity index (χ4v) is 3.34. The van der Waals surface area contributed by atoms with E-state index in [-0.39, 0.29) is 5.76 Å². The third kappa shape index (κ3) is 6.95. The Morgan fingerprint density at radius 1 is 0.955 bits per heavy atom. The molecule has 1 aromatic rings. The number of benzene rings is 1. The summed E-state index contributed by atoms with van der Waals surface area (Å²) in [6.45, 7) is 12.5. The van der Waals surface area contributed by atoms with Crippen molar-refractivity contribution in [3.8, 4) is 5.75 Å². The molecule has 0 atom stereocenters. The van der Waals surface area contributed by atoms with Crippen LogP contribution in [0.25, 0.3) is 6.08 Å². The molecule has 0 aliphatic rings. The van der Waals surface area contributed by atoms with E-state index in [0.717, 1.165) is 11.3 Å². The highest BCUT2D eigenvalue weighted by molar-refractivity contribution is 6.70. The Kier molecular flexibility index (Phi) is 6.02. The first-order chi connectivity index (χ1) is 10.00. The minimum atomic E-state index is -1.88. The van der Waals surface area contributed by atoms with Gasteiger partial charge in [0.05, 0.1) is 7.11 Å². The number of hydrogen-bond donors (Lipinski definition) is 0. The molecule has 0 radical (unpaired) electrons. The summed E-state index contributed by atoms with van der Waals surface area (Å²) in [4.78, 5) is 11.8. The van der Waals surface area contributed by atoms with Gasteiger partial charge in [-0.1, -0.05) is 12.1 Å². The number of carbonyl (C=O) groups is 1. The second-order valence-corrected chi connectivity index (χ2v) is 15.9. The van der Waals surface area contributed by atoms with Gasteiger partial charge in [-0.3, -0.25) is 0 Å². The van der Waals surface area contributed by atoms with Gasteiger partial charge < -0.3 is 13.6 Å². The molecular formula is C16H26O4Si2. The molecule has 1 aromatic carbocycles. The Bertz CT molecular complexity index is 537. The fourth-order valence-electron chi connectivity index (χ4n) is 1.70. The molecule has 0 bridgehead atoms. The van der Waals surface area contributed by atoms with Gasteiger partial charge in [0.15, 0.2) is 5.76 Å². The van der Waals surface area contributed by atoms with Crippen molar-refractivity contribution in [3.05, 3.63) is 35.6 Å². The molecule has 0 aliphatic carbocycles. The lowest BCUT2D eigenvalue weighted by molar-refractivity contribution is -0.138. The Morgan fingerprint density at radius 3 is 1.91 bits per heavy atom. The predicted octanol–water partition coefficient (Wildman–Crippen LogP) is 4.27. The molecule has 6 heteroatoms. The normalized spacial score (nSPS) is 12.8. The number of methoxy groups -OCH3 is 1. The van der Waals surface area contributed by atoms with E-state index in [1.54, 1.807) is 6.08 Å². The van der Waals surface area contributed by atoms with E-state index in [2.05, 4.69) is 19.6 Å². The lowest BCUT2D eigenvalue weighted by Crippen LogP contribution is -2.29. The van der Waals surface area contributed by atoms with Crippen molar-refractivity contribution in [1.29, 1.82) is 0 Å². The highest BCUT2D eigenvalue weighted by Gasteiger charge is 2.22. The third-order valence-corrected chi connectivity index (χ3v) is 4.08. The molecule has 22 heavy (non-hydrogen) atoms. The first kappa shape index (κ1) is 18.5. The summed E-state index contributed by atoms with van der Waals surface area (Å²) in [6.07, 6.45) is 1.71. The van der Waals surface area contributed by atoms with Crippen LogP contribution in [0.3, 0.4) is 0 Å². The lowest BCUT2D eigenvalue weighted by Gasteiger charge is -2.20. The molecule has 122 valence electrons. The minimum absolute atomic E-state index is 0.250. The molecule has 0 amide bonds. The average molecular weight is 339 g/mol. The molecular weight excluding hydrogens is 312 g/mol. The maximum atomic E-state index is 11.8. The van der Waals surface area contributed by atoms with Crippen LogP contribution in [-0.4, -0.2) is 29.7 Å². The number of hydrogen-bond acceptors (Lipinski definition) is 4. The van der Waals surface area contributed by atoms with Crippen molar-refractivity contribution >= 4 is 28.7 Å². The van der Waals surface area contributed by atoms with E-state index in [9.17, 15) is 4.79 Å². The number of carbonyl (C=O) groups excluding carboxylic acids is 1. The summed E-state index contributed by atoms with van der Waals surface area (Å²) in [6, 6.07) is 7.64. The SMILES string of the molecule is COC(=O)/C(=C/c1ccc(O[Si](C)(C)C)cc1)O[Si](C)(C)C. The van der Waals surface area contributed by atoms with Crippen LogP contribution in [0.4, 0.5) is 0 Å². The average Bonchev–Trinajstić information content (AvgIpc) is 2.36. The van der Waals surface area contributed by atoms with E-state index in [0.29, 0.717) is 0 Å². The zero-order valence-electron chi connectivity index (χ0n) is 14.5. The number of ether oxygens (including phenoxy) is 1. The number of rotatable bonds is 6. The molecule has 4 nitrogen and oxygen atoms in total. The predicted molar refractivity (Wildman–Crippen MR) is 94.8 cm³/mol. The van der Waals surface area contributed by atoms with Crippen LogP contribution in [0.15, 0.2) is 30.0 Å². The Labute approximate surface area is 135 Å². The molecule has 0 aromatic heterocycles. The zero-order chi connectivity index (χ0) is 17.0. The van der Waals surface area contributed by atoms with Crippen molar-refractivity contribution < 1.29 is 18.4 Å². The molecule has 0 heterocycles. The largest absolute Gasteiger partial charge is 0.544 e. The first-order valence-corrected chi connectivity index (χ1v) is 14.1. The lowest BCUT2D eigenvalue weighted by atomic mass is 10.2. The highest BCUT2D eigenvalue weighted by Crippen LogP contribution is 2.20. The van der Waals surface area contributed by atoms with E-state index in [1.807, 2.05) is 43.9 Å². The fraction of sp³-hybridized carbons (Fsp3) is 0.438. The summed E-state index contributed by atoms with van der Waals surface area (Å²) < 4.78 is 16.5. The summed E-state index contributed by atoms with van der Waals surface area (Å²) in [7, 11) is -2.14. The van der Waals surface area contributed by atoms with E-state index >= 15 is 0 Å². The van der Waals surface area contributed by atoms with Gasteiger partial charge in [-0.05, 0) is 63.1 Å². The first-order valence-electron chi connectivity index (χ1n) is 7.28. The van der Waals surface area contributed by atoms with E-state index in [4.69, 9.17) is 13.6 Å². The second kappa shape index (κ2) is 7.15. The highest BCUT2D eigenvalue weighted by atomic mass is 28.4. The van der Waals surface area contributed by atoms with Crippen LogP contribution < -0.4 is 4.43 Å². The molecule has 0 saturated carbocycles. The van der Waals surface area contributed by atoms with Gasteiger partial charge in [0.25, 0.3) is 0 Å². The standard InChI is InChI=1S/C16H26O4Si2/c1-18-16(17)15(20-22(5,6)7)12-13-8-10-14(11-9-13)19-21(2,3)4/h8-12H,1-7H3/b15-12-. The summed E-state index contributed by atoms with van der Waals surface area (Å²) in [5, 5.41) is 0. The van der Waals surface area contributed by atoms with Crippen LogP contribution in [0.1, 0.15) is 5.56 Å². The van der Waals surface area contributed by atoms with Crippen molar-refractivity contribution in [3.63, 3.8) is 0 Å². The quantitative estimate of drug-likeness (QED) is 0.336. The van der Waals surface area contributed by atoms with Crippen molar-refractivity contribution in [2.24, 2.45) is 0 Å². The minimum Gasteiger partial charge on any atom is -0.544 e.